The van der Waals surface area contributed by atoms with Gasteiger partial charge in [0.15, 0.2) is 0 Å². The SMILES string of the molecule is CCc1ccc2c(c1)COc1cc(COP(=O)(O)OC(C)C)ccc1-2. The van der Waals surface area contributed by atoms with E-state index in [2.05, 4.69) is 25.1 Å². The fraction of sp³-hybridized carbons (Fsp3) is 0.368. The van der Waals surface area contributed by atoms with E-state index in [4.69, 9.17) is 13.8 Å². The summed E-state index contributed by atoms with van der Waals surface area (Å²) in [6.45, 7) is 6.00. The van der Waals surface area contributed by atoms with E-state index < -0.39 is 7.82 Å². The van der Waals surface area contributed by atoms with Crippen LogP contribution in [0, 0.1) is 0 Å². The molecule has 0 fully saturated rings. The highest BCUT2D eigenvalue weighted by atomic mass is 31.2. The van der Waals surface area contributed by atoms with E-state index >= 15 is 0 Å². The summed E-state index contributed by atoms with van der Waals surface area (Å²) in [7, 11) is -4.05. The molecule has 1 aliphatic rings. The van der Waals surface area contributed by atoms with E-state index in [1.54, 1.807) is 13.8 Å². The number of hydrogen-bond donors (Lipinski definition) is 1. The first kappa shape index (κ1) is 18.2. The molecule has 0 spiro atoms. The second-order valence-corrected chi connectivity index (χ2v) is 7.77. The normalized spacial score (nSPS) is 15.2. The maximum Gasteiger partial charge on any atom is 0.472 e. The van der Waals surface area contributed by atoms with Crippen molar-refractivity contribution in [2.45, 2.75) is 46.5 Å². The van der Waals surface area contributed by atoms with Crippen LogP contribution >= 0.6 is 7.82 Å². The van der Waals surface area contributed by atoms with Crippen LogP contribution in [-0.2, 0) is 33.2 Å². The summed E-state index contributed by atoms with van der Waals surface area (Å²) >= 11 is 0. The van der Waals surface area contributed by atoms with Gasteiger partial charge in [-0.15, -0.1) is 0 Å². The Morgan fingerprint density at radius 3 is 2.60 bits per heavy atom. The molecule has 25 heavy (non-hydrogen) atoms. The van der Waals surface area contributed by atoms with Gasteiger partial charge in [0.2, 0.25) is 0 Å². The summed E-state index contributed by atoms with van der Waals surface area (Å²) in [5.41, 5.74) is 5.43. The lowest BCUT2D eigenvalue weighted by Crippen LogP contribution is -2.07. The number of benzene rings is 2. The molecule has 0 saturated heterocycles. The molecule has 1 unspecified atom stereocenters. The molecule has 1 atom stereocenters. The van der Waals surface area contributed by atoms with Gasteiger partial charge in [0.25, 0.3) is 0 Å². The molecule has 1 N–H and O–H groups in total. The van der Waals surface area contributed by atoms with Gasteiger partial charge in [-0.3, -0.25) is 9.05 Å². The first-order valence-corrected chi connectivity index (χ1v) is 9.91. The lowest BCUT2D eigenvalue weighted by Gasteiger charge is -2.22. The molecule has 0 bridgehead atoms. The van der Waals surface area contributed by atoms with Crippen molar-refractivity contribution in [2.75, 3.05) is 0 Å². The number of phosphoric acid groups is 1. The minimum atomic E-state index is -4.05. The van der Waals surface area contributed by atoms with Crippen LogP contribution in [0.1, 0.15) is 37.5 Å². The fourth-order valence-electron chi connectivity index (χ4n) is 2.86. The number of hydrogen-bond acceptors (Lipinski definition) is 4. The molecular weight excluding hydrogens is 339 g/mol. The van der Waals surface area contributed by atoms with Crippen LogP contribution in [0.5, 0.6) is 5.75 Å². The highest BCUT2D eigenvalue weighted by Crippen LogP contribution is 2.46. The molecule has 0 saturated carbocycles. The van der Waals surface area contributed by atoms with Crippen LogP contribution in [0.4, 0.5) is 0 Å². The van der Waals surface area contributed by atoms with Crippen LogP contribution in [0.25, 0.3) is 11.1 Å². The zero-order valence-electron chi connectivity index (χ0n) is 14.7. The largest absolute Gasteiger partial charge is 0.488 e. The Bertz CT molecular complexity index is 815. The third kappa shape index (κ3) is 4.31. The smallest absolute Gasteiger partial charge is 0.472 e. The van der Waals surface area contributed by atoms with Gasteiger partial charge >= 0.3 is 7.82 Å². The molecule has 3 rings (SSSR count). The molecule has 0 aliphatic carbocycles. The zero-order chi connectivity index (χ0) is 18.0. The summed E-state index contributed by atoms with van der Waals surface area (Å²) in [5, 5.41) is 0. The summed E-state index contributed by atoms with van der Waals surface area (Å²) in [4.78, 5) is 9.64. The highest BCUT2D eigenvalue weighted by Gasteiger charge is 2.23. The third-order valence-electron chi connectivity index (χ3n) is 4.04. The average Bonchev–Trinajstić information content (AvgIpc) is 2.58. The molecule has 2 aromatic rings. The molecule has 0 radical (unpaired) electrons. The number of phosphoric ester groups is 1. The van der Waals surface area contributed by atoms with Gasteiger partial charge in [-0.1, -0.05) is 37.3 Å². The van der Waals surface area contributed by atoms with Gasteiger partial charge < -0.3 is 9.63 Å². The Morgan fingerprint density at radius 2 is 1.88 bits per heavy atom. The molecule has 0 aromatic heterocycles. The predicted molar refractivity (Wildman–Crippen MR) is 96.4 cm³/mol. The van der Waals surface area contributed by atoms with Crippen molar-refractivity contribution in [3.63, 3.8) is 0 Å². The summed E-state index contributed by atoms with van der Waals surface area (Å²) < 4.78 is 27.6. The van der Waals surface area contributed by atoms with E-state index in [-0.39, 0.29) is 12.7 Å². The van der Waals surface area contributed by atoms with Gasteiger partial charge in [0, 0.05) is 5.56 Å². The van der Waals surface area contributed by atoms with Crippen molar-refractivity contribution >= 4 is 7.82 Å². The van der Waals surface area contributed by atoms with Crippen molar-refractivity contribution in [3.8, 4) is 16.9 Å². The molecule has 0 amide bonds. The molecule has 1 heterocycles. The Labute approximate surface area is 148 Å². The van der Waals surface area contributed by atoms with E-state index in [0.29, 0.717) is 6.61 Å². The van der Waals surface area contributed by atoms with Gasteiger partial charge in [-0.05, 0) is 48.6 Å². The molecule has 1 aliphatic heterocycles. The van der Waals surface area contributed by atoms with Crippen LogP contribution in [-0.4, -0.2) is 11.0 Å². The topological polar surface area (TPSA) is 65.0 Å². The van der Waals surface area contributed by atoms with Crippen LogP contribution < -0.4 is 4.74 Å². The summed E-state index contributed by atoms with van der Waals surface area (Å²) in [6, 6.07) is 12.1. The second-order valence-electron chi connectivity index (χ2n) is 6.36. The molecule has 6 heteroatoms. The molecule has 2 aromatic carbocycles. The predicted octanol–water partition coefficient (Wildman–Crippen LogP) is 4.85. The Morgan fingerprint density at radius 1 is 1.16 bits per heavy atom. The highest BCUT2D eigenvalue weighted by molar-refractivity contribution is 7.47. The van der Waals surface area contributed by atoms with Gasteiger partial charge in [-0.2, -0.15) is 0 Å². The standard InChI is InChI=1S/C19H23O5P/c1-4-14-5-7-17-16(9-14)12-22-19-10-15(6-8-18(17)19)11-23-25(20,21)24-13(2)3/h5-10,13H,4,11-12H2,1-3H3,(H,20,21). The molecular formula is C19H23O5P. The summed E-state index contributed by atoms with van der Waals surface area (Å²) in [5.74, 6) is 0.760. The van der Waals surface area contributed by atoms with E-state index in [0.717, 1.165) is 23.3 Å². The minimum absolute atomic E-state index is 0.0151. The number of fused-ring (bicyclic) bond motifs is 3. The Kier molecular flexibility index (Phi) is 5.30. The zero-order valence-corrected chi connectivity index (χ0v) is 15.6. The maximum absolute atomic E-state index is 11.8. The second kappa shape index (κ2) is 7.30. The van der Waals surface area contributed by atoms with Gasteiger partial charge in [0.1, 0.15) is 12.4 Å². The Balaban J connectivity index is 1.78. The van der Waals surface area contributed by atoms with Gasteiger partial charge in [-0.25, -0.2) is 4.57 Å². The van der Waals surface area contributed by atoms with E-state index in [1.807, 2.05) is 18.2 Å². The van der Waals surface area contributed by atoms with Crippen LogP contribution in [0.2, 0.25) is 0 Å². The quantitative estimate of drug-likeness (QED) is 0.744. The first-order valence-electron chi connectivity index (χ1n) is 8.41. The van der Waals surface area contributed by atoms with Crippen molar-refractivity contribution in [1.29, 1.82) is 0 Å². The minimum Gasteiger partial charge on any atom is -0.488 e. The van der Waals surface area contributed by atoms with Crippen LogP contribution in [0.15, 0.2) is 36.4 Å². The van der Waals surface area contributed by atoms with Crippen molar-refractivity contribution in [3.05, 3.63) is 53.1 Å². The number of rotatable bonds is 6. The van der Waals surface area contributed by atoms with Gasteiger partial charge in [0.05, 0.1) is 12.7 Å². The van der Waals surface area contributed by atoms with Crippen molar-refractivity contribution < 1.29 is 23.2 Å². The lowest BCUT2D eigenvalue weighted by atomic mass is 9.94. The maximum atomic E-state index is 11.8. The lowest BCUT2D eigenvalue weighted by molar-refractivity contribution is 0.116. The molecule has 5 nitrogen and oxygen atoms in total. The third-order valence-corrected chi connectivity index (χ3v) is 5.18. The monoisotopic (exact) mass is 362 g/mol. The average molecular weight is 362 g/mol. The Hall–Kier alpha value is -1.65. The summed E-state index contributed by atoms with van der Waals surface area (Å²) in [6.07, 6.45) is 0.614. The first-order chi connectivity index (χ1) is 11.9. The fourth-order valence-corrected chi connectivity index (χ4v) is 3.76. The van der Waals surface area contributed by atoms with Crippen molar-refractivity contribution in [1.82, 2.24) is 0 Å². The molecule has 134 valence electrons. The van der Waals surface area contributed by atoms with Crippen molar-refractivity contribution in [2.24, 2.45) is 0 Å². The van der Waals surface area contributed by atoms with Crippen LogP contribution in [0.3, 0.4) is 0 Å². The van der Waals surface area contributed by atoms with E-state index in [9.17, 15) is 9.46 Å². The number of ether oxygens (including phenoxy) is 1. The number of aryl methyl sites for hydroxylation is 1. The van der Waals surface area contributed by atoms with E-state index in [1.165, 1.54) is 16.7 Å².